The second-order valence-corrected chi connectivity index (χ2v) is 12.2. The van der Waals surface area contributed by atoms with Gasteiger partial charge in [0.1, 0.15) is 0 Å². The van der Waals surface area contributed by atoms with Crippen LogP contribution in [0.3, 0.4) is 0 Å². The molecule has 2 heteroatoms. The molecule has 0 aromatic carbocycles. The molecule has 12 aliphatic rings. The van der Waals surface area contributed by atoms with Crippen molar-refractivity contribution in [3.8, 4) is 0 Å². The standard InChI is InChI=1S/C22H24O2/c1-23-21-15-5-3-4-6(15)10-12-8(4)16-7(3)11-9(5)17(21)13-14(18(10)21)20(12)22(16,24-2)19(11)13/h3-20H,1-2H3/t3?,4?,5-,6-,7-,8+,9-,10-,11+,12-,13?,14?,15?,16?,17-,18-,19-,20+,21?,22?/m1/s1. The van der Waals surface area contributed by atoms with Gasteiger partial charge in [-0.3, -0.25) is 0 Å². The van der Waals surface area contributed by atoms with Gasteiger partial charge in [-0.15, -0.1) is 0 Å². The largest absolute Gasteiger partial charge is 0.377 e. The average molecular weight is 320 g/mol. The fraction of sp³-hybridized carbons (Fsp3) is 1.00. The maximum atomic E-state index is 6.74. The fourth-order valence-corrected chi connectivity index (χ4v) is 16.1. The van der Waals surface area contributed by atoms with Crippen molar-refractivity contribution in [2.45, 2.75) is 11.2 Å². The third kappa shape index (κ3) is 0.504. The van der Waals surface area contributed by atoms with Crippen LogP contribution in [0.1, 0.15) is 0 Å². The summed E-state index contributed by atoms with van der Waals surface area (Å²) in [5, 5.41) is 0. The van der Waals surface area contributed by atoms with Crippen LogP contribution < -0.4 is 0 Å². The van der Waals surface area contributed by atoms with Crippen molar-refractivity contribution in [2.75, 3.05) is 14.2 Å². The van der Waals surface area contributed by atoms with E-state index >= 15 is 0 Å². The molecule has 8 unspecified atom stereocenters. The van der Waals surface area contributed by atoms with E-state index in [2.05, 4.69) is 14.2 Å². The molecule has 124 valence electrons. The summed E-state index contributed by atoms with van der Waals surface area (Å²) in [6.07, 6.45) is 0. The van der Waals surface area contributed by atoms with E-state index < -0.39 is 0 Å². The minimum atomic E-state index is 0.368. The number of rotatable bonds is 2. The lowest BCUT2D eigenvalue weighted by Crippen LogP contribution is -2.48. The minimum Gasteiger partial charge on any atom is -0.377 e. The first-order valence-electron chi connectivity index (χ1n) is 11.0. The van der Waals surface area contributed by atoms with E-state index in [9.17, 15) is 0 Å². The van der Waals surface area contributed by atoms with Crippen LogP contribution in [0, 0.1) is 107 Å². The van der Waals surface area contributed by atoms with Crippen LogP contribution in [0.5, 0.6) is 0 Å². The molecule has 0 aromatic rings. The first kappa shape index (κ1) is 10.9. The fourth-order valence-electron chi connectivity index (χ4n) is 16.1. The van der Waals surface area contributed by atoms with E-state index in [0.717, 1.165) is 107 Å². The zero-order valence-corrected chi connectivity index (χ0v) is 14.2. The first-order valence-corrected chi connectivity index (χ1v) is 11.0. The average Bonchev–Trinajstić information content (AvgIpc) is 3.27. The van der Waals surface area contributed by atoms with Gasteiger partial charge in [-0.1, -0.05) is 0 Å². The third-order valence-electron chi connectivity index (χ3n) is 14.1. The molecule has 20 atom stereocenters. The van der Waals surface area contributed by atoms with Gasteiger partial charge in [-0.2, -0.15) is 0 Å². The third-order valence-corrected chi connectivity index (χ3v) is 14.1. The number of methoxy groups -OCH3 is 2. The van der Waals surface area contributed by atoms with Crippen LogP contribution in [0.4, 0.5) is 0 Å². The van der Waals surface area contributed by atoms with Crippen LogP contribution >= 0.6 is 0 Å². The molecule has 0 aromatic heterocycles. The molecule has 2 nitrogen and oxygen atoms in total. The Kier molecular flexibility index (Phi) is 1.09. The topological polar surface area (TPSA) is 18.5 Å². The van der Waals surface area contributed by atoms with Gasteiger partial charge < -0.3 is 9.47 Å². The van der Waals surface area contributed by atoms with E-state index in [0.29, 0.717) is 11.2 Å². The Labute approximate surface area is 142 Å². The van der Waals surface area contributed by atoms with Crippen LogP contribution in [0.2, 0.25) is 0 Å². The Balaban J connectivity index is 1.43. The lowest BCUT2D eigenvalue weighted by molar-refractivity contribution is -0.117. The summed E-state index contributed by atoms with van der Waals surface area (Å²) in [5.41, 5.74) is 0.736. The molecule has 0 bridgehead atoms. The van der Waals surface area contributed by atoms with Crippen molar-refractivity contribution in [1.29, 1.82) is 0 Å². The van der Waals surface area contributed by atoms with Gasteiger partial charge in [0.15, 0.2) is 0 Å². The molecule has 0 heterocycles. The highest BCUT2D eigenvalue weighted by Crippen LogP contribution is 3.03. The summed E-state index contributed by atoms with van der Waals surface area (Å²) >= 11 is 0. The van der Waals surface area contributed by atoms with E-state index in [1.54, 1.807) is 0 Å². The molecule has 12 saturated carbocycles. The molecule has 12 aliphatic carbocycles. The van der Waals surface area contributed by atoms with Crippen LogP contribution in [-0.2, 0) is 9.47 Å². The van der Waals surface area contributed by atoms with E-state index in [-0.39, 0.29) is 0 Å². The zero-order valence-electron chi connectivity index (χ0n) is 14.2. The Morgan fingerprint density at radius 1 is 0.375 bits per heavy atom. The minimum absolute atomic E-state index is 0.368. The quantitative estimate of drug-likeness (QED) is 0.775. The maximum Gasteiger partial charge on any atom is 0.0779 e. The molecule has 12 rings (SSSR count). The van der Waals surface area contributed by atoms with Crippen LogP contribution in [-0.4, -0.2) is 25.4 Å². The van der Waals surface area contributed by atoms with Gasteiger partial charge in [0, 0.05) is 14.2 Å². The molecular weight excluding hydrogens is 296 g/mol. The summed E-state index contributed by atoms with van der Waals surface area (Å²) in [5.74, 6) is 19.0. The Morgan fingerprint density at radius 2 is 0.625 bits per heavy atom. The molecule has 24 heavy (non-hydrogen) atoms. The Morgan fingerprint density at radius 3 is 0.917 bits per heavy atom. The van der Waals surface area contributed by atoms with Crippen molar-refractivity contribution in [2.24, 2.45) is 107 Å². The van der Waals surface area contributed by atoms with E-state index in [1.165, 1.54) is 0 Å². The van der Waals surface area contributed by atoms with Gasteiger partial charge in [-0.25, -0.2) is 0 Å². The van der Waals surface area contributed by atoms with Crippen molar-refractivity contribution < 1.29 is 9.47 Å². The summed E-state index contributed by atoms with van der Waals surface area (Å²) in [7, 11) is 4.27. The zero-order chi connectivity index (χ0) is 14.8. The van der Waals surface area contributed by atoms with Crippen LogP contribution in [0.15, 0.2) is 0 Å². The second-order valence-electron chi connectivity index (χ2n) is 12.2. The van der Waals surface area contributed by atoms with Crippen molar-refractivity contribution in [3.63, 3.8) is 0 Å². The maximum absolute atomic E-state index is 6.74. The Hall–Kier alpha value is -0.0800. The highest BCUT2D eigenvalue weighted by molar-refractivity contribution is 5.52. The molecular formula is C22H24O2. The van der Waals surface area contributed by atoms with Crippen molar-refractivity contribution in [3.05, 3.63) is 0 Å². The number of hydrogen-bond donors (Lipinski definition) is 0. The number of hydrogen-bond acceptors (Lipinski definition) is 2. The summed E-state index contributed by atoms with van der Waals surface area (Å²) in [4.78, 5) is 0. The van der Waals surface area contributed by atoms with E-state index in [4.69, 9.17) is 9.47 Å². The highest BCUT2D eigenvalue weighted by Gasteiger charge is 3.05. The SMILES string of the molecule is COC12C3[C@H]4C5C6[C@H]7C8[C@H]5[C@@H]5[C@@H]4[C@H]1C1C4[C@H]2[C@@H]([C@@H]63)[C@@H]7[C@H]4C8(OC)[C@@H]15. The predicted octanol–water partition coefficient (Wildman–Crippen LogP) is 2.00. The van der Waals surface area contributed by atoms with E-state index in [1.807, 2.05) is 0 Å². The summed E-state index contributed by atoms with van der Waals surface area (Å²) in [6, 6.07) is 0. The smallest absolute Gasteiger partial charge is 0.0779 e. The molecule has 12 fully saturated rings. The van der Waals surface area contributed by atoms with Gasteiger partial charge in [-0.05, 0) is 107 Å². The van der Waals surface area contributed by atoms with Crippen molar-refractivity contribution >= 4 is 0 Å². The number of ether oxygens (including phenoxy) is 2. The molecule has 0 N–H and O–H groups in total. The predicted molar refractivity (Wildman–Crippen MR) is 82.3 cm³/mol. The normalized spacial score (nSPS) is 98.2. The summed E-state index contributed by atoms with van der Waals surface area (Å²) < 4.78 is 13.5. The molecule has 0 spiro atoms. The Bertz CT molecular complexity index is 714. The lowest BCUT2D eigenvalue weighted by atomic mass is 9.73. The first-order chi connectivity index (χ1) is 11.9. The molecule has 0 amide bonds. The van der Waals surface area contributed by atoms with Crippen LogP contribution in [0.25, 0.3) is 0 Å². The van der Waals surface area contributed by atoms with Crippen molar-refractivity contribution in [1.82, 2.24) is 0 Å². The second kappa shape index (κ2) is 2.39. The highest BCUT2D eigenvalue weighted by atomic mass is 16.5. The lowest BCUT2D eigenvalue weighted by Gasteiger charge is -2.42. The van der Waals surface area contributed by atoms with Gasteiger partial charge in [0.05, 0.1) is 11.2 Å². The molecule has 0 aliphatic heterocycles. The monoisotopic (exact) mass is 320 g/mol. The van der Waals surface area contributed by atoms with Gasteiger partial charge in [0.2, 0.25) is 0 Å². The van der Waals surface area contributed by atoms with Gasteiger partial charge >= 0.3 is 0 Å². The molecule has 0 saturated heterocycles. The molecule has 0 radical (unpaired) electrons. The van der Waals surface area contributed by atoms with Gasteiger partial charge in [0.25, 0.3) is 0 Å². The summed E-state index contributed by atoms with van der Waals surface area (Å²) in [6.45, 7) is 0.